The van der Waals surface area contributed by atoms with Crippen LogP contribution in [0.15, 0.2) is 18.2 Å². The molecule has 0 bridgehead atoms. The molecule has 0 saturated heterocycles. The lowest BCUT2D eigenvalue weighted by atomic mass is 9.86. The van der Waals surface area contributed by atoms with Crippen molar-refractivity contribution in [2.75, 3.05) is 25.6 Å². The molecular weight excluding hydrogens is 236 g/mol. The molecule has 0 radical (unpaired) electrons. The number of nitrogens with zero attached hydrogens (tertiary/aromatic N) is 1. The lowest BCUT2D eigenvalue weighted by molar-refractivity contribution is 0.397. The van der Waals surface area contributed by atoms with Crippen LogP contribution in [0.5, 0.6) is 5.75 Å². The molecule has 0 amide bonds. The van der Waals surface area contributed by atoms with E-state index in [1.807, 2.05) is 19.9 Å². The number of rotatable bonds is 4. The summed E-state index contributed by atoms with van der Waals surface area (Å²) in [5.74, 6) is 0.941. The van der Waals surface area contributed by atoms with Crippen molar-refractivity contribution < 1.29 is 4.74 Å². The van der Waals surface area contributed by atoms with Crippen LogP contribution < -0.4 is 15.4 Å². The average molecular weight is 264 g/mol. The molecule has 0 aliphatic rings. The van der Waals surface area contributed by atoms with Crippen LogP contribution in [0, 0.1) is 0 Å². The predicted octanol–water partition coefficient (Wildman–Crippen LogP) is 3.17. The summed E-state index contributed by atoms with van der Waals surface area (Å²) in [6.07, 6.45) is 0. The number of hydrogen-bond acceptors (Lipinski definition) is 3. The zero-order valence-corrected chi connectivity index (χ0v) is 13.4. The van der Waals surface area contributed by atoms with E-state index in [2.05, 4.69) is 44.9 Å². The maximum Gasteiger partial charge on any atom is 0.122 e. The third kappa shape index (κ3) is 4.43. The van der Waals surface area contributed by atoms with Crippen molar-refractivity contribution in [3.8, 4) is 5.75 Å². The summed E-state index contributed by atoms with van der Waals surface area (Å²) in [6, 6.07) is 6.32. The first kappa shape index (κ1) is 15.8. The van der Waals surface area contributed by atoms with Gasteiger partial charge in [-0.1, -0.05) is 20.8 Å². The number of methoxy groups -OCH3 is 1. The van der Waals surface area contributed by atoms with Gasteiger partial charge in [-0.05, 0) is 37.5 Å². The van der Waals surface area contributed by atoms with Crippen LogP contribution in [0.25, 0.3) is 0 Å². The minimum atomic E-state index is -0.212. The summed E-state index contributed by atoms with van der Waals surface area (Å²) >= 11 is 0. The standard InChI is InChI=1S/C16H28N2O/c1-15(2,3)13-10-12(8-9-14(13)19-7)18(6)11-16(4,5)17/h8-10H,11,17H2,1-7H3. The van der Waals surface area contributed by atoms with Gasteiger partial charge >= 0.3 is 0 Å². The highest BCUT2D eigenvalue weighted by Gasteiger charge is 2.21. The van der Waals surface area contributed by atoms with Crippen LogP contribution in [0.4, 0.5) is 5.69 Å². The Bertz CT molecular complexity index is 427. The van der Waals surface area contributed by atoms with E-state index in [9.17, 15) is 0 Å². The topological polar surface area (TPSA) is 38.5 Å². The van der Waals surface area contributed by atoms with E-state index in [4.69, 9.17) is 10.5 Å². The average Bonchev–Trinajstić information content (AvgIpc) is 2.24. The number of anilines is 1. The SMILES string of the molecule is COc1ccc(N(C)CC(C)(C)N)cc1C(C)(C)C. The van der Waals surface area contributed by atoms with E-state index in [-0.39, 0.29) is 11.0 Å². The van der Waals surface area contributed by atoms with Crippen LogP contribution >= 0.6 is 0 Å². The van der Waals surface area contributed by atoms with Gasteiger partial charge in [-0.3, -0.25) is 0 Å². The highest BCUT2D eigenvalue weighted by atomic mass is 16.5. The lowest BCUT2D eigenvalue weighted by Gasteiger charge is -2.30. The lowest BCUT2D eigenvalue weighted by Crippen LogP contribution is -2.44. The maximum atomic E-state index is 6.09. The van der Waals surface area contributed by atoms with Crippen LogP contribution in [-0.4, -0.2) is 26.2 Å². The molecule has 0 heterocycles. The number of ether oxygens (including phenoxy) is 1. The molecule has 3 nitrogen and oxygen atoms in total. The van der Waals surface area contributed by atoms with Gasteiger partial charge in [0.1, 0.15) is 5.75 Å². The van der Waals surface area contributed by atoms with Crippen molar-refractivity contribution in [1.82, 2.24) is 0 Å². The van der Waals surface area contributed by atoms with Gasteiger partial charge in [0.2, 0.25) is 0 Å². The first-order valence-electron chi connectivity index (χ1n) is 6.73. The molecule has 0 atom stereocenters. The van der Waals surface area contributed by atoms with Gasteiger partial charge in [-0.25, -0.2) is 0 Å². The van der Waals surface area contributed by atoms with Crippen molar-refractivity contribution >= 4 is 5.69 Å². The van der Waals surface area contributed by atoms with Crippen molar-refractivity contribution in [2.24, 2.45) is 5.73 Å². The van der Waals surface area contributed by atoms with E-state index in [0.717, 1.165) is 12.3 Å². The smallest absolute Gasteiger partial charge is 0.122 e. The fourth-order valence-corrected chi connectivity index (χ4v) is 2.22. The fourth-order valence-electron chi connectivity index (χ4n) is 2.22. The number of nitrogens with two attached hydrogens (primary N) is 1. The second-order valence-corrected chi connectivity index (χ2v) is 6.98. The zero-order chi connectivity index (χ0) is 14.8. The first-order chi connectivity index (χ1) is 8.54. The van der Waals surface area contributed by atoms with Crippen molar-refractivity contribution in [3.63, 3.8) is 0 Å². The molecule has 1 aromatic carbocycles. The molecule has 1 aromatic rings. The zero-order valence-electron chi connectivity index (χ0n) is 13.4. The van der Waals surface area contributed by atoms with E-state index in [0.29, 0.717) is 0 Å². The van der Waals surface area contributed by atoms with E-state index >= 15 is 0 Å². The van der Waals surface area contributed by atoms with Crippen LogP contribution in [-0.2, 0) is 5.41 Å². The molecule has 108 valence electrons. The molecule has 19 heavy (non-hydrogen) atoms. The third-order valence-electron chi connectivity index (χ3n) is 3.08. The van der Waals surface area contributed by atoms with Gasteiger partial charge in [0.05, 0.1) is 7.11 Å². The Hall–Kier alpha value is -1.22. The highest BCUT2D eigenvalue weighted by Crippen LogP contribution is 2.34. The molecule has 0 saturated carbocycles. The Morgan fingerprint density at radius 2 is 1.74 bits per heavy atom. The Labute approximate surface area is 117 Å². The molecule has 0 aliphatic heterocycles. The summed E-state index contributed by atoms with van der Waals surface area (Å²) < 4.78 is 5.46. The van der Waals surface area contributed by atoms with Crippen LogP contribution in [0.1, 0.15) is 40.2 Å². The van der Waals surface area contributed by atoms with Gasteiger partial charge < -0.3 is 15.4 Å². The van der Waals surface area contributed by atoms with E-state index in [1.54, 1.807) is 7.11 Å². The van der Waals surface area contributed by atoms with Crippen LogP contribution in [0.3, 0.4) is 0 Å². The largest absolute Gasteiger partial charge is 0.496 e. The molecule has 1 rings (SSSR count). The van der Waals surface area contributed by atoms with Crippen LogP contribution in [0.2, 0.25) is 0 Å². The van der Waals surface area contributed by atoms with Crippen molar-refractivity contribution in [3.05, 3.63) is 23.8 Å². The molecule has 0 spiro atoms. The summed E-state index contributed by atoms with van der Waals surface area (Å²) in [5, 5.41) is 0. The summed E-state index contributed by atoms with van der Waals surface area (Å²) in [6.45, 7) is 11.5. The fraction of sp³-hybridized carbons (Fsp3) is 0.625. The van der Waals surface area contributed by atoms with E-state index in [1.165, 1.54) is 11.3 Å². The number of benzene rings is 1. The molecule has 0 fully saturated rings. The molecule has 3 heteroatoms. The Morgan fingerprint density at radius 3 is 2.16 bits per heavy atom. The van der Waals surface area contributed by atoms with Gasteiger partial charge in [0.25, 0.3) is 0 Å². The monoisotopic (exact) mass is 264 g/mol. The molecule has 0 unspecified atom stereocenters. The molecule has 0 aromatic heterocycles. The molecular formula is C16H28N2O. The number of likely N-dealkylation sites (N-methyl/N-ethyl adjacent to an activating group) is 1. The first-order valence-corrected chi connectivity index (χ1v) is 6.73. The van der Waals surface area contributed by atoms with Gasteiger partial charge in [0, 0.05) is 30.4 Å². The summed E-state index contributed by atoms with van der Waals surface area (Å²) in [7, 11) is 3.79. The summed E-state index contributed by atoms with van der Waals surface area (Å²) in [5.41, 5.74) is 8.32. The third-order valence-corrected chi connectivity index (χ3v) is 3.08. The predicted molar refractivity (Wildman–Crippen MR) is 83.2 cm³/mol. The second-order valence-electron chi connectivity index (χ2n) is 6.98. The van der Waals surface area contributed by atoms with Gasteiger partial charge in [0.15, 0.2) is 0 Å². The minimum Gasteiger partial charge on any atom is -0.496 e. The molecule has 0 aliphatic carbocycles. The maximum absolute atomic E-state index is 6.09. The molecule has 2 N–H and O–H groups in total. The van der Waals surface area contributed by atoms with Crippen molar-refractivity contribution in [1.29, 1.82) is 0 Å². The highest BCUT2D eigenvalue weighted by molar-refractivity contribution is 5.55. The minimum absolute atomic E-state index is 0.0560. The Morgan fingerprint density at radius 1 is 1.16 bits per heavy atom. The second kappa shape index (κ2) is 5.41. The van der Waals surface area contributed by atoms with Gasteiger partial charge in [-0.2, -0.15) is 0 Å². The number of hydrogen-bond donors (Lipinski definition) is 1. The summed E-state index contributed by atoms with van der Waals surface area (Å²) in [4.78, 5) is 2.19. The Balaban J connectivity index is 3.12. The van der Waals surface area contributed by atoms with Crippen molar-refractivity contribution in [2.45, 2.75) is 45.6 Å². The normalized spacial score (nSPS) is 12.4. The Kier molecular flexibility index (Phi) is 4.51. The van der Waals surface area contributed by atoms with Gasteiger partial charge in [-0.15, -0.1) is 0 Å². The van der Waals surface area contributed by atoms with E-state index < -0.39 is 0 Å². The quantitative estimate of drug-likeness (QED) is 0.908.